The van der Waals surface area contributed by atoms with Crippen molar-refractivity contribution in [2.75, 3.05) is 71.0 Å². The summed E-state index contributed by atoms with van der Waals surface area (Å²) in [5.41, 5.74) is 9.17. The van der Waals surface area contributed by atoms with E-state index in [1.807, 2.05) is 6.07 Å². The van der Waals surface area contributed by atoms with Gasteiger partial charge >= 0.3 is 0 Å². The first-order valence-electron chi connectivity index (χ1n) is 8.56. The molecule has 1 aromatic rings. The Hall–Kier alpha value is -1.30. The Morgan fingerprint density at radius 1 is 1.17 bits per heavy atom. The van der Waals surface area contributed by atoms with E-state index in [1.165, 1.54) is 5.69 Å². The second kappa shape index (κ2) is 7.51. The van der Waals surface area contributed by atoms with Crippen LogP contribution in [0.1, 0.15) is 12.0 Å². The number of aryl methyl sites for hydroxylation is 1. The van der Waals surface area contributed by atoms with Crippen molar-refractivity contribution >= 4 is 11.4 Å². The number of quaternary nitrogens is 1. The minimum absolute atomic E-state index is 0.264. The van der Waals surface area contributed by atoms with Crippen molar-refractivity contribution in [3.05, 3.63) is 23.8 Å². The Balaban J connectivity index is 1.90. The first kappa shape index (κ1) is 18.0. The lowest BCUT2D eigenvalue weighted by atomic mass is 10.1. The third-order valence-electron chi connectivity index (χ3n) is 4.43. The van der Waals surface area contributed by atoms with Crippen molar-refractivity contribution < 1.29 is 9.59 Å². The van der Waals surface area contributed by atoms with Gasteiger partial charge in [-0.3, -0.25) is 4.90 Å². The molecule has 1 fully saturated rings. The fraction of sp³-hybridized carbons (Fsp3) is 0.667. The molecule has 1 aliphatic heterocycles. The van der Waals surface area contributed by atoms with E-state index in [2.05, 4.69) is 50.0 Å². The van der Waals surface area contributed by atoms with E-state index in [-0.39, 0.29) is 6.10 Å². The fourth-order valence-corrected chi connectivity index (χ4v) is 3.26. The number of rotatable bonds is 5. The summed E-state index contributed by atoms with van der Waals surface area (Å²) in [6.45, 7) is 7.73. The van der Waals surface area contributed by atoms with Crippen molar-refractivity contribution in [2.45, 2.75) is 19.4 Å². The number of likely N-dealkylation sites (N-methyl/N-ethyl adjacent to an activating group) is 1. The summed E-state index contributed by atoms with van der Waals surface area (Å²) in [7, 11) is 6.37. The SMILES string of the molecule is Cc1cc(N2CCCN(CC(O)C[N+](C)(C)C)CC2)ccc1N. The zero-order valence-corrected chi connectivity index (χ0v) is 15.1. The van der Waals surface area contributed by atoms with Crippen LogP contribution in [0.3, 0.4) is 0 Å². The number of benzene rings is 1. The molecule has 1 aliphatic rings. The number of anilines is 2. The van der Waals surface area contributed by atoms with Crippen LogP contribution in [-0.4, -0.2) is 81.0 Å². The van der Waals surface area contributed by atoms with Crippen LogP contribution < -0.4 is 10.6 Å². The second-order valence-electron chi connectivity index (χ2n) is 7.81. The summed E-state index contributed by atoms with van der Waals surface area (Å²) in [6.07, 6.45) is 0.862. The Bertz CT molecular complexity index is 512. The van der Waals surface area contributed by atoms with Crippen LogP contribution in [0, 0.1) is 6.92 Å². The first-order valence-corrected chi connectivity index (χ1v) is 8.56. The molecule has 0 amide bonds. The maximum absolute atomic E-state index is 10.3. The Labute approximate surface area is 140 Å². The molecule has 0 aliphatic carbocycles. The molecule has 0 radical (unpaired) electrons. The molecular weight excluding hydrogens is 288 g/mol. The van der Waals surface area contributed by atoms with Crippen molar-refractivity contribution in [3.63, 3.8) is 0 Å². The van der Waals surface area contributed by atoms with Gasteiger partial charge in [0.25, 0.3) is 0 Å². The molecule has 130 valence electrons. The van der Waals surface area contributed by atoms with E-state index in [0.717, 1.165) is 61.4 Å². The first-order chi connectivity index (χ1) is 10.7. The van der Waals surface area contributed by atoms with Crippen molar-refractivity contribution in [2.24, 2.45) is 0 Å². The number of β-amino-alcohol motifs (C(OH)–C–C–N with tert-alkyl or cyclic N) is 1. The summed E-state index contributed by atoms with van der Waals surface area (Å²) >= 11 is 0. The molecule has 5 heteroatoms. The molecule has 1 heterocycles. The summed E-state index contributed by atoms with van der Waals surface area (Å²) in [4.78, 5) is 4.82. The molecule has 2 rings (SSSR count). The normalized spacial score (nSPS) is 18.7. The van der Waals surface area contributed by atoms with Gasteiger partial charge in [-0.25, -0.2) is 0 Å². The number of nitrogens with two attached hydrogens (primary N) is 1. The van der Waals surface area contributed by atoms with Gasteiger partial charge in [0.15, 0.2) is 0 Å². The summed E-state index contributed by atoms with van der Waals surface area (Å²) < 4.78 is 0.797. The maximum Gasteiger partial charge on any atom is 0.115 e. The van der Waals surface area contributed by atoms with Gasteiger partial charge in [-0.1, -0.05) is 0 Å². The summed E-state index contributed by atoms with van der Waals surface area (Å²) in [5, 5.41) is 10.3. The van der Waals surface area contributed by atoms with Crippen LogP contribution in [0.15, 0.2) is 18.2 Å². The molecule has 0 bridgehead atoms. The predicted octanol–water partition coefficient (Wildman–Crippen LogP) is 1.16. The average Bonchev–Trinajstić information content (AvgIpc) is 2.65. The van der Waals surface area contributed by atoms with Crippen molar-refractivity contribution in [1.29, 1.82) is 0 Å². The number of nitrogens with zero attached hydrogens (tertiary/aromatic N) is 3. The molecule has 1 atom stereocenters. The second-order valence-corrected chi connectivity index (χ2v) is 7.81. The standard InChI is InChI=1S/C18H33N4O/c1-15-12-16(6-7-18(15)19)21-9-5-8-20(10-11-21)13-17(23)14-22(2,3)4/h6-7,12,17,23H,5,8-11,13-14,19H2,1-4H3/q+1. The lowest BCUT2D eigenvalue weighted by molar-refractivity contribution is -0.873. The minimum Gasteiger partial charge on any atom is -0.399 e. The third-order valence-corrected chi connectivity index (χ3v) is 4.43. The number of aliphatic hydroxyl groups is 1. The van der Waals surface area contributed by atoms with Gasteiger partial charge in [-0.05, 0) is 43.7 Å². The number of hydrogen-bond acceptors (Lipinski definition) is 4. The van der Waals surface area contributed by atoms with Gasteiger partial charge in [0, 0.05) is 37.6 Å². The molecule has 3 N–H and O–H groups in total. The van der Waals surface area contributed by atoms with Crippen LogP contribution >= 0.6 is 0 Å². The van der Waals surface area contributed by atoms with Gasteiger partial charge in [0.2, 0.25) is 0 Å². The van der Waals surface area contributed by atoms with Crippen LogP contribution in [0.4, 0.5) is 11.4 Å². The lowest BCUT2D eigenvalue weighted by Crippen LogP contribution is -2.46. The highest BCUT2D eigenvalue weighted by atomic mass is 16.3. The zero-order chi connectivity index (χ0) is 17.0. The number of hydrogen-bond donors (Lipinski definition) is 2. The van der Waals surface area contributed by atoms with Crippen LogP contribution in [0.25, 0.3) is 0 Å². The molecule has 0 saturated carbocycles. The zero-order valence-electron chi connectivity index (χ0n) is 15.1. The topological polar surface area (TPSA) is 52.7 Å². The van der Waals surface area contributed by atoms with E-state index < -0.39 is 0 Å². The molecule has 1 saturated heterocycles. The van der Waals surface area contributed by atoms with E-state index in [4.69, 9.17) is 5.73 Å². The highest BCUT2D eigenvalue weighted by Gasteiger charge is 2.21. The summed E-state index contributed by atoms with van der Waals surface area (Å²) in [5.74, 6) is 0. The molecule has 1 unspecified atom stereocenters. The smallest absolute Gasteiger partial charge is 0.115 e. The van der Waals surface area contributed by atoms with Crippen LogP contribution in [0.2, 0.25) is 0 Å². The summed E-state index contributed by atoms with van der Waals surface area (Å²) in [6, 6.07) is 6.29. The van der Waals surface area contributed by atoms with Crippen LogP contribution in [-0.2, 0) is 0 Å². The molecule has 23 heavy (non-hydrogen) atoms. The Kier molecular flexibility index (Phi) is 5.89. The quantitative estimate of drug-likeness (QED) is 0.631. The third kappa shape index (κ3) is 5.68. The largest absolute Gasteiger partial charge is 0.399 e. The van der Waals surface area contributed by atoms with E-state index in [0.29, 0.717) is 0 Å². The van der Waals surface area contributed by atoms with Gasteiger partial charge in [0.1, 0.15) is 12.6 Å². The van der Waals surface area contributed by atoms with E-state index >= 15 is 0 Å². The Morgan fingerprint density at radius 3 is 2.57 bits per heavy atom. The minimum atomic E-state index is -0.264. The van der Waals surface area contributed by atoms with Gasteiger partial charge in [-0.2, -0.15) is 0 Å². The lowest BCUT2D eigenvalue weighted by Gasteiger charge is -2.30. The van der Waals surface area contributed by atoms with Gasteiger partial charge in [-0.15, -0.1) is 0 Å². The molecule has 5 nitrogen and oxygen atoms in total. The van der Waals surface area contributed by atoms with Crippen molar-refractivity contribution in [1.82, 2.24) is 4.90 Å². The number of nitrogen functional groups attached to an aromatic ring is 1. The molecule has 0 spiro atoms. The average molecular weight is 321 g/mol. The monoisotopic (exact) mass is 321 g/mol. The highest BCUT2D eigenvalue weighted by Crippen LogP contribution is 2.21. The van der Waals surface area contributed by atoms with Gasteiger partial charge in [0.05, 0.1) is 21.1 Å². The Morgan fingerprint density at radius 2 is 1.91 bits per heavy atom. The maximum atomic E-state index is 10.3. The van der Waals surface area contributed by atoms with E-state index in [1.54, 1.807) is 0 Å². The highest BCUT2D eigenvalue weighted by molar-refractivity contribution is 5.58. The predicted molar refractivity (Wildman–Crippen MR) is 97.8 cm³/mol. The van der Waals surface area contributed by atoms with Crippen molar-refractivity contribution in [3.8, 4) is 0 Å². The molecule has 0 aromatic heterocycles. The molecular formula is C18H33N4O+. The molecule has 1 aromatic carbocycles. The van der Waals surface area contributed by atoms with E-state index in [9.17, 15) is 5.11 Å². The fourth-order valence-electron chi connectivity index (χ4n) is 3.26. The van der Waals surface area contributed by atoms with Crippen LogP contribution in [0.5, 0.6) is 0 Å². The van der Waals surface area contributed by atoms with Gasteiger partial charge < -0.3 is 20.2 Å². The number of aliphatic hydroxyl groups excluding tert-OH is 1.